The van der Waals surface area contributed by atoms with Crippen LogP contribution < -0.4 is 5.32 Å². The zero-order valence-electron chi connectivity index (χ0n) is 10.4. The molecule has 1 rings (SSSR count). The van der Waals surface area contributed by atoms with E-state index >= 15 is 0 Å². The Balaban J connectivity index is 2.99. The molecule has 0 aromatic heterocycles. The molecule has 1 N–H and O–H groups in total. The maximum Gasteiger partial charge on any atom is 0.0499 e. The van der Waals surface area contributed by atoms with Gasteiger partial charge in [0.25, 0.3) is 0 Å². The highest BCUT2D eigenvalue weighted by Crippen LogP contribution is 2.28. The molecule has 0 spiro atoms. The highest BCUT2D eigenvalue weighted by Gasteiger charge is 2.31. The van der Waals surface area contributed by atoms with E-state index in [1.54, 1.807) is 0 Å². The molecule has 1 aromatic carbocycles. The summed E-state index contributed by atoms with van der Waals surface area (Å²) < 4.78 is 0. The van der Waals surface area contributed by atoms with Gasteiger partial charge in [-0.3, -0.25) is 0 Å². The van der Waals surface area contributed by atoms with Crippen LogP contribution in [0.3, 0.4) is 0 Å². The first-order valence-electron chi connectivity index (χ1n) is 5.39. The summed E-state index contributed by atoms with van der Waals surface area (Å²) in [6.07, 6.45) is 0. The lowest BCUT2D eigenvalue weighted by Crippen LogP contribution is -2.48. The Labute approximate surface area is 93.3 Å². The molecule has 2 heteroatoms. The van der Waals surface area contributed by atoms with E-state index < -0.39 is 0 Å². The number of benzene rings is 1. The number of likely N-dealkylation sites (N-methyl/N-ethyl adjacent to an activating group) is 2. The van der Waals surface area contributed by atoms with Crippen molar-refractivity contribution in [2.45, 2.75) is 25.4 Å². The van der Waals surface area contributed by atoms with E-state index in [0.29, 0.717) is 6.04 Å². The van der Waals surface area contributed by atoms with Crippen LogP contribution in [0.1, 0.15) is 25.5 Å². The second-order valence-electron chi connectivity index (χ2n) is 4.68. The molecule has 0 fully saturated rings. The first kappa shape index (κ1) is 12.2. The van der Waals surface area contributed by atoms with Crippen LogP contribution in [0.5, 0.6) is 0 Å². The van der Waals surface area contributed by atoms with Crippen LogP contribution in [0.2, 0.25) is 0 Å². The SMILES string of the molecule is CNC(c1ccccc1)C(C)(C)N(C)C. The number of nitrogens with zero attached hydrogens (tertiary/aromatic N) is 1. The molecule has 1 atom stereocenters. The van der Waals surface area contributed by atoms with E-state index in [-0.39, 0.29) is 5.54 Å². The molecule has 2 nitrogen and oxygen atoms in total. The minimum Gasteiger partial charge on any atom is -0.311 e. The van der Waals surface area contributed by atoms with Gasteiger partial charge < -0.3 is 10.2 Å². The Bertz CT molecular complexity index is 291. The van der Waals surface area contributed by atoms with Crippen molar-refractivity contribution in [2.24, 2.45) is 0 Å². The van der Waals surface area contributed by atoms with Crippen molar-refractivity contribution in [3.05, 3.63) is 35.9 Å². The Hall–Kier alpha value is -0.860. The quantitative estimate of drug-likeness (QED) is 0.813. The molecule has 0 saturated heterocycles. The van der Waals surface area contributed by atoms with Crippen LogP contribution in [0.4, 0.5) is 0 Å². The zero-order valence-corrected chi connectivity index (χ0v) is 10.4. The predicted molar refractivity (Wildman–Crippen MR) is 66.0 cm³/mol. The van der Waals surface area contributed by atoms with Crippen molar-refractivity contribution < 1.29 is 0 Å². The van der Waals surface area contributed by atoms with Gasteiger partial charge in [-0.2, -0.15) is 0 Å². The maximum absolute atomic E-state index is 3.40. The lowest BCUT2D eigenvalue weighted by Gasteiger charge is -2.40. The summed E-state index contributed by atoms with van der Waals surface area (Å²) in [5.74, 6) is 0. The third-order valence-electron chi connectivity index (χ3n) is 3.28. The van der Waals surface area contributed by atoms with Crippen LogP contribution in [-0.2, 0) is 0 Å². The highest BCUT2D eigenvalue weighted by atomic mass is 15.2. The average Bonchev–Trinajstić information content (AvgIpc) is 2.19. The van der Waals surface area contributed by atoms with E-state index in [1.165, 1.54) is 5.56 Å². The fourth-order valence-electron chi connectivity index (χ4n) is 1.83. The molecule has 0 amide bonds. The standard InChI is InChI=1S/C13H22N2/c1-13(2,15(4)5)12(14-3)11-9-7-6-8-10-11/h6-10,12,14H,1-5H3. The van der Waals surface area contributed by atoms with Crippen molar-refractivity contribution in [1.82, 2.24) is 10.2 Å². The van der Waals surface area contributed by atoms with Gasteiger partial charge in [0.05, 0.1) is 0 Å². The number of nitrogens with one attached hydrogen (secondary N) is 1. The zero-order chi connectivity index (χ0) is 11.5. The lowest BCUT2D eigenvalue weighted by atomic mass is 9.87. The Morgan fingerprint density at radius 2 is 1.67 bits per heavy atom. The molecule has 1 aromatic rings. The van der Waals surface area contributed by atoms with Crippen molar-refractivity contribution in [3.63, 3.8) is 0 Å². The van der Waals surface area contributed by atoms with Gasteiger partial charge >= 0.3 is 0 Å². The molecule has 0 aliphatic heterocycles. The van der Waals surface area contributed by atoms with Gasteiger partial charge in [-0.05, 0) is 40.6 Å². The minimum atomic E-state index is 0.0934. The fourth-order valence-corrected chi connectivity index (χ4v) is 1.83. The third-order valence-corrected chi connectivity index (χ3v) is 3.28. The summed E-state index contributed by atoms with van der Waals surface area (Å²) in [7, 11) is 6.25. The number of hydrogen-bond donors (Lipinski definition) is 1. The Kier molecular flexibility index (Phi) is 3.89. The highest BCUT2D eigenvalue weighted by molar-refractivity contribution is 5.22. The molecule has 0 radical (unpaired) electrons. The third kappa shape index (κ3) is 2.58. The van der Waals surface area contributed by atoms with Gasteiger partial charge in [0.15, 0.2) is 0 Å². The predicted octanol–water partition coefficient (Wildman–Crippen LogP) is 2.29. The maximum atomic E-state index is 3.40. The van der Waals surface area contributed by atoms with Crippen LogP contribution in [0.25, 0.3) is 0 Å². The summed E-state index contributed by atoms with van der Waals surface area (Å²) in [6.45, 7) is 4.50. The summed E-state index contributed by atoms with van der Waals surface area (Å²) in [5.41, 5.74) is 1.43. The van der Waals surface area contributed by atoms with Crippen molar-refractivity contribution >= 4 is 0 Å². The van der Waals surface area contributed by atoms with Crippen LogP contribution in [-0.4, -0.2) is 31.6 Å². The molecule has 0 aliphatic rings. The van der Waals surface area contributed by atoms with Gasteiger partial charge in [0, 0.05) is 11.6 Å². The topological polar surface area (TPSA) is 15.3 Å². The van der Waals surface area contributed by atoms with Crippen LogP contribution >= 0.6 is 0 Å². The van der Waals surface area contributed by atoms with E-state index in [0.717, 1.165) is 0 Å². The van der Waals surface area contributed by atoms with Crippen LogP contribution in [0.15, 0.2) is 30.3 Å². The average molecular weight is 206 g/mol. The second kappa shape index (κ2) is 4.77. The van der Waals surface area contributed by atoms with Gasteiger partial charge in [-0.1, -0.05) is 30.3 Å². The first-order chi connectivity index (χ1) is 7.00. The molecule has 0 bridgehead atoms. The fraction of sp³-hybridized carbons (Fsp3) is 0.538. The molecule has 0 heterocycles. The Morgan fingerprint density at radius 1 is 1.13 bits per heavy atom. The largest absolute Gasteiger partial charge is 0.311 e. The van der Waals surface area contributed by atoms with Crippen LogP contribution in [0, 0.1) is 0 Å². The van der Waals surface area contributed by atoms with E-state index in [1.807, 2.05) is 7.05 Å². The molecular weight excluding hydrogens is 184 g/mol. The number of hydrogen-bond acceptors (Lipinski definition) is 2. The van der Waals surface area contributed by atoms with Gasteiger partial charge in [0.1, 0.15) is 0 Å². The van der Waals surface area contributed by atoms with Gasteiger partial charge in [-0.25, -0.2) is 0 Å². The van der Waals surface area contributed by atoms with E-state index in [2.05, 4.69) is 68.5 Å². The van der Waals surface area contributed by atoms with Crippen molar-refractivity contribution in [2.75, 3.05) is 21.1 Å². The smallest absolute Gasteiger partial charge is 0.0499 e. The normalized spacial score (nSPS) is 14.3. The summed E-state index contributed by atoms with van der Waals surface area (Å²) in [5, 5.41) is 3.40. The Morgan fingerprint density at radius 3 is 2.07 bits per heavy atom. The monoisotopic (exact) mass is 206 g/mol. The van der Waals surface area contributed by atoms with Gasteiger partial charge in [-0.15, -0.1) is 0 Å². The number of rotatable bonds is 4. The van der Waals surface area contributed by atoms with E-state index in [4.69, 9.17) is 0 Å². The molecule has 15 heavy (non-hydrogen) atoms. The lowest BCUT2D eigenvalue weighted by molar-refractivity contribution is 0.142. The summed E-state index contributed by atoms with van der Waals surface area (Å²) in [4.78, 5) is 2.25. The van der Waals surface area contributed by atoms with Crippen molar-refractivity contribution in [3.8, 4) is 0 Å². The summed E-state index contributed by atoms with van der Waals surface area (Å²) in [6, 6.07) is 10.9. The summed E-state index contributed by atoms with van der Waals surface area (Å²) >= 11 is 0. The molecule has 1 unspecified atom stereocenters. The first-order valence-corrected chi connectivity index (χ1v) is 5.39. The molecule has 0 saturated carbocycles. The van der Waals surface area contributed by atoms with Gasteiger partial charge in [0.2, 0.25) is 0 Å². The van der Waals surface area contributed by atoms with E-state index in [9.17, 15) is 0 Å². The molecule has 84 valence electrons. The molecular formula is C13H22N2. The van der Waals surface area contributed by atoms with Crippen molar-refractivity contribution in [1.29, 1.82) is 0 Å². The second-order valence-corrected chi connectivity index (χ2v) is 4.68. The minimum absolute atomic E-state index is 0.0934. The molecule has 0 aliphatic carbocycles.